The summed E-state index contributed by atoms with van der Waals surface area (Å²) in [6.45, 7) is 14.6. The maximum absolute atomic E-state index is 4.55. The molecule has 0 radical (unpaired) electrons. The van der Waals surface area contributed by atoms with E-state index in [9.17, 15) is 0 Å². The first kappa shape index (κ1) is 12.1. The molecule has 15 heavy (non-hydrogen) atoms. The van der Waals surface area contributed by atoms with Crippen LogP contribution >= 0.6 is 0 Å². The van der Waals surface area contributed by atoms with E-state index in [0.717, 1.165) is 17.5 Å². The summed E-state index contributed by atoms with van der Waals surface area (Å²) >= 11 is 0. The van der Waals surface area contributed by atoms with Gasteiger partial charge in [0.05, 0.1) is 0 Å². The molecule has 0 atom stereocenters. The number of rotatable bonds is 0. The van der Waals surface area contributed by atoms with E-state index in [0.29, 0.717) is 0 Å². The Kier molecular flexibility index (Phi) is 2.85. The average Bonchev–Trinajstić information content (AvgIpc) is 1.99. The van der Waals surface area contributed by atoms with Crippen molar-refractivity contribution in [3.8, 4) is 0 Å². The zero-order chi connectivity index (χ0) is 11.9. The lowest BCUT2D eigenvalue weighted by Gasteiger charge is -2.22. The van der Waals surface area contributed by atoms with Gasteiger partial charge in [-0.15, -0.1) is 0 Å². The Morgan fingerprint density at radius 1 is 0.667 bits per heavy atom. The highest BCUT2D eigenvalue weighted by molar-refractivity contribution is 5.10. The van der Waals surface area contributed by atoms with Gasteiger partial charge < -0.3 is 0 Å². The van der Waals surface area contributed by atoms with E-state index in [1.165, 1.54) is 0 Å². The van der Waals surface area contributed by atoms with Crippen LogP contribution in [0.25, 0.3) is 0 Å². The minimum Gasteiger partial charge on any atom is -0.218 e. The molecule has 3 nitrogen and oxygen atoms in total. The molecule has 1 rings (SSSR count). The van der Waals surface area contributed by atoms with Gasteiger partial charge in [-0.25, -0.2) is 15.0 Å². The Labute approximate surface area is 92.4 Å². The van der Waals surface area contributed by atoms with Crippen molar-refractivity contribution in [3.05, 3.63) is 17.5 Å². The van der Waals surface area contributed by atoms with E-state index in [1.54, 1.807) is 0 Å². The number of hydrogen-bond donors (Lipinski definition) is 0. The van der Waals surface area contributed by atoms with Crippen LogP contribution in [0, 0.1) is 6.92 Å². The van der Waals surface area contributed by atoms with Crippen LogP contribution in [0.4, 0.5) is 0 Å². The third-order valence-electron chi connectivity index (χ3n) is 2.09. The van der Waals surface area contributed by atoms with Gasteiger partial charge in [0.15, 0.2) is 0 Å². The summed E-state index contributed by atoms with van der Waals surface area (Å²) in [7, 11) is 0. The van der Waals surface area contributed by atoms with Gasteiger partial charge in [-0.05, 0) is 6.92 Å². The van der Waals surface area contributed by atoms with Gasteiger partial charge in [-0.3, -0.25) is 0 Å². The molecule has 1 heterocycles. The van der Waals surface area contributed by atoms with Crippen LogP contribution < -0.4 is 0 Å². The molecule has 84 valence electrons. The van der Waals surface area contributed by atoms with Gasteiger partial charge in [0.1, 0.15) is 17.5 Å². The fraction of sp³-hybridized carbons (Fsp3) is 0.750. The molecule has 0 saturated heterocycles. The van der Waals surface area contributed by atoms with Gasteiger partial charge in [-0.2, -0.15) is 0 Å². The van der Waals surface area contributed by atoms with E-state index in [2.05, 4.69) is 56.5 Å². The van der Waals surface area contributed by atoms with Crippen LogP contribution in [0.15, 0.2) is 0 Å². The molecule has 0 spiro atoms. The SMILES string of the molecule is Cc1nc(C(C)(C)C)nc(C(C)(C)C)n1. The number of aromatic nitrogens is 3. The highest BCUT2D eigenvalue weighted by atomic mass is 15.0. The summed E-state index contributed by atoms with van der Waals surface area (Å²) in [6.07, 6.45) is 0. The van der Waals surface area contributed by atoms with Gasteiger partial charge in [0.25, 0.3) is 0 Å². The first-order chi connectivity index (χ1) is 6.60. The zero-order valence-electron chi connectivity index (χ0n) is 10.8. The molecule has 0 fully saturated rings. The predicted octanol–water partition coefficient (Wildman–Crippen LogP) is 2.78. The maximum atomic E-state index is 4.55. The molecule has 0 unspecified atom stereocenters. The fourth-order valence-corrected chi connectivity index (χ4v) is 1.15. The number of aryl methyl sites for hydroxylation is 1. The average molecular weight is 207 g/mol. The molecule has 3 heteroatoms. The summed E-state index contributed by atoms with van der Waals surface area (Å²) in [4.78, 5) is 13.3. The van der Waals surface area contributed by atoms with Crippen LogP contribution in [-0.2, 0) is 10.8 Å². The Morgan fingerprint density at radius 3 is 1.27 bits per heavy atom. The highest BCUT2D eigenvalue weighted by Crippen LogP contribution is 2.22. The second-order valence-electron chi connectivity index (χ2n) is 6.03. The quantitative estimate of drug-likeness (QED) is 0.656. The van der Waals surface area contributed by atoms with Crippen LogP contribution in [0.2, 0.25) is 0 Å². The van der Waals surface area contributed by atoms with Crippen LogP contribution in [0.3, 0.4) is 0 Å². The summed E-state index contributed by atoms with van der Waals surface area (Å²) in [6, 6.07) is 0. The molecular formula is C12H21N3. The Hall–Kier alpha value is -0.990. The topological polar surface area (TPSA) is 38.7 Å². The lowest BCUT2D eigenvalue weighted by molar-refractivity contribution is 0.491. The normalized spacial score (nSPS) is 13.0. The minimum atomic E-state index is -0.0201. The smallest absolute Gasteiger partial charge is 0.137 e. The van der Waals surface area contributed by atoms with E-state index >= 15 is 0 Å². The van der Waals surface area contributed by atoms with Crippen molar-refractivity contribution in [1.29, 1.82) is 0 Å². The zero-order valence-corrected chi connectivity index (χ0v) is 10.8. The van der Waals surface area contributed by atoms with E-state index < -0.39 is 0 Å². The van der Waals surface area contributed by atoms with Gasteiger partial charge >= 0.3 is 0 Å². The van der Waals surface area contributed by atoms with Crippen LogP contribution in [-0.4, -0.2) is 15.0 Å². The monoisotopic (exact) mass is 207 g/mol. The summed E-state index contributed by atoms with van der Waals surface area (Å²) in [5.41, 5.74) is -0.0403. The summed E-state index contributed by atoms with van der Waals surface area (Å²) < 4.78 is 0. The van der Waals surface area contributed by atoms with Crippen molar-refractivity contribution in [2.24, 2.45) is 0 Å². The Bertz CT molecular complexity index is 324. The van der Waals surface area contributed by atoms with Crippen molar-refractivity contribution in [2.45, 2.75) is 59.3 Å². The van der Waals surface area contributed by atoms with Gasteiger partial charge in [-0.1, -0.05) is 41.5 Å². The summed E-state index contributed by atoms with van der Waals surface area (Å²) in [5.74, 6) is 2.56. The van der Waals surface area contributed by atoms with Gasteiger partial charge in [0.2, 0.25) is 0 Å². The van der Waals surface area contributed by atoms with Crippen molar-refractivity contribution < 1.29 is 0 Å². The minimum absolute atomic E-state index is 0.0201. The largest absolute Gasteiger partial charge is 0.218 e. The number of hydrogen-bond acceptors (Lipinski definition) is 3. The number of nitrogens with zero attached hydrogens (tertiary/aromatic N) is 3. The molecule has 0 N–H and O–H groups in total. The fourth-order valence-electron chi connectivity index (χ4n) is 1.15. The Balaban J connectivity index is 3.30. The molecule has 0 aliphatic heterocycles. The van der Waals surface area contributed by atoms with Crippen LogP contribution in [0.1, 0.15) is 59.0 Å². The Morgan fingerprint density at radius 2 is 1.00 bits per heavy atom. The van der Waals surface area contributed by atoms with E-state index in [1.807, 2.05) is 6.92 Å². The van der Waals surface area contributed by atoms with Crippen molar-refractivity contribution >= 4 is 0 Å². The molecule has 0 aliphatic carbocycles. The second kappa shape index (κ2) is 3.54. The lowest BCUT2D eigenvalue weighted by Crippen LogP contribution is -2.24. The second-order valence-corrected chi connectivity index (χ2v) is 6.03. The molecule has 0 aromatic carbocycles. The van der Waals surface area contributed by atoms with Crippen molar-refractivity contribution in [1.82, 2.24) is 15.0 Å². The van der Waals surface area contributed by atoms with Crippen LogP contribution in [0.5, 0.6) is 0 Å². The highest BCUT2D eigenvalue weighted by Gasteiger charge is 2.23. The summed E-state index contributed by atoms with van der Waals surface area (Å²) in [5, 5.41) is 0. The molecule has 0 aliphatic rings. The molecule has 1 aromatic heterocycles. The lowest BCUT2D eigenvalue weighted by atomic mass is 9.93. The van der Waals surface area contributed by atoms with E-state index in [-0.39, 0.29) is 10.8 Å². The molecule has 1 aromatic rings. The van der Waals surface area contributed by atoms with E-state index in [4.69, 9.17) is 0 Å². The molecule has 0 saturated carbocycles. The molecular weight excluding hydrogens is 186 g/mol. The third-order valence-corrected chi connectivity index (χ3v) is 2.09. The van der Waals surface area contributed by atoms with Crippen molar-refractivity contribution in [3.63, 3.8) is 0 Å². The molecule has 0 bridgehead atoms. The van der Waals surface area contributed by atoms with Crippen molar-refractivity contribution in [2.75, 3.05) is 0 Å². The first-order valence-corrected chi connectivity index (χ1v) is 5.34. The third kappa shape index (κ3) is 2.98. The first-order valence-electron chi connectivity index (χ1n) is 5.34. The molecule has 0 amide bonds. The maximum Gasteiger partial charge on any atom is 0.137 e. The predicted molar refractivity (Wildman–Crippen MR) is 62.0 cm³/mol. The van der Waals surface area contributed by atoms with Gasteiger partial charge in [0, 0.05) is 10.8 Å². The standard InChI is InChI=1S/C12H21N3/c1-8-13-9(11(2,3)4)15-10(14-8)12(5,6)7/h1-7H3.